The maximum absolute atomic E-state index is 12.4. The van der Waals surface area contributed by atoms with Crippen LogP contribution in [0.15, 0.2) is 40.8 Å². The standard InChI is InChI=1S/C17H19NO5/c1-3-13-7-8-15(23-13)14(10-22-2)18-16(19)11-5-4-6-12(9-11)17(20)21/h4-9,14H,3,10H2,1-2H3,(H,18,19)(H,20,21). The highest BCUT2D eigenvalue weighted by atomic mass is 16.5. The van der Waals surface area contributed by atoms with E-state index < -0.39 is 12.0 Å². The van der Waals surface area contributed by atoms with Gasteiger partial charge < -0.3 is 19.6 Å². The number of furan rings is 1. The van der Waals surface area contributed by atoms with Crippen LogP contribution >= 0.6 is 0 Å². The summed E-state index contributed by atoms with van der Waals surface area (Å²) in [6.45, 7) is 2.23. The molecule has 0 aliphatic rings. The average Bonchev–Trinajstić information content (AvgIpc) is 3.03. The van der Waals surface area contributed by atoms with E-state index in [0.29, 0.717) is 5.76 Å². The lowest BCUT2D eigenvalue weighted by atomic mass is 10.1. The number of carboxylic acids is 1. The number of ether oxygens (including phenoxy) is 1. The number of amides is 1. The van der Waals surface area contributed by atoms with Crippen LogP contribution < -0.4 is 5.32 Å². The Kier molecular flexibility index (Phi) is 5.54. The van der Waals surface area contributed by atoms with Crippen molar-refractivity contribution in [2.75, 3.05) is 13.7 Å². The Morgan fingerprint density at radius 2 is 2.00 bits per heavy atom. The number of rotatable bonds is 7. The fraction of sp³-hybridized carbons (Fsp3) is 0.294. The minimum atomic E-state index is -1.08. The number of carbonyl (C=O) groups is 2. The van der Waals surface area contributed by atoms with Crippen LogP contribution in [0.5, 0.6) is 0 Å². The Balaban J connectivity index is 2.17. The van der Waals surface area contributed by atoms with Crippen LogP contribution in [-0.2, 0) is 11.2 Å². The van der Waals surface area contributed by atoms with Crippen LogP contribution in [0.4, 0.5) is 0 Å². The first-order valence-corrected chi connectivity index (χ1v) is 7.27. The fourth-order valence-corrected chi connectivity index (χ4v) is 2.17. The third kappa shape index (κ3) is 4.20. The van der Waals surface area contributed by atoms with Gasteiger partial charge in [0, 0.05) is 19.1 Å². The van der Waals surface area contributed by atoms with Crippen molar-refractivity contribution in [3.05, 3.63) is 59.0 Å². The molecular formula is C17H19NO5. The Labute approximate surface area is 134 Å². The molecule has 1 aromatic carbocycles. The second-order valence-corrected chi connectivity index (χ2v) is 5.02. The quantitative estimate of drug-likeness (QED) is 0.819. The summed E-state index contributed by atoms with van der Waals surface area (Å²) in [5.41, 5.74) is 0.334. The average molecular weight is 317 g/mol. The largest absolute Gasteiger partial charge is 0.478 e. The second-order valence-electron chi connectivity index (χ2n) is 5.02. The number of hydrogen-bond acceptors (Lipinski definition) is 4. The SMILES string of the molecule is CCc1ccc(C(COC)NC(=O)c2cccc(C(=O)O)c2)o1. The van der Waals surface area contributed by atoms with Gasteiger partial charge in [-0.2, -0.15) is 0 Å². The number of benzene rings is 1. The molecule has 1 heterocycles. The molecular weight excluding hydrogens is 298 g/mol. The zero-order valence-electron chi connectivity index (χ0n) is 13.0. The van der Waals surface area contributed by atoms with E-state index in [-0.39, 0.29) is 23.6 Å². The summed E-state index contributed by atoms with van der Waals surface area (Å²) in [4.78, 5) is 23.3. The van der Waals surface area contributed by atoms with E-state index in [4.69, 9.17) is 14.3 Å². The van der Waals surface area contributed by atoms with E-state index in [9.17, 15) is 9.59 Å². The molecule has 2 N–H and O–H groups in total. The molecule has 0 bridgehead atoms. The molecule has 1 amide bonds. The molecule has 0 spiro atoms. The third-order valence-corrected chi connectivity index (χ3v) is 3.38. The molecule has 0 aliphatic heterocycles. The number of carbonyl (C=O) groups excluding carboxylic acids is 1. The highest BCUT2D eigenvalue weighted by Gasteiger charge is 2.19. The Morgan fingerprint density at radius 1 is 1.26 bits per heavy atom. The molecule has 1 aromatic heterocycles. The summed E-state index contributed by atoms with van der Waals surface area (Å²) < 4.78 is 10.8. The van der Waals surface area contributed by atoms with Crippen molar-refractivity contribution in [2.45, 2.75) is 19.4 Å². The van der Waals surface area contributed by atoms with E-state index in [1.807, 2.05) is 13.0 Å². The summed E-state index contributed by atoms with van der Waals surface area (Å²) in [6, 6.07) is 9.08. The van der Waals surface area contributed by atoms with Crippen molar-refractivity contribution in [3.63, 3.8) is 0 Å². The van der Waals surface area contributed by atoms with E-state index in [0.717, 1.165) is 12.2 Å². The zero-order chi connectivity index (χ0) is 16.8. The van der Waals surface area contributed by atoms with Crippen LogP contribution in [0.1, 0.15) is 45.2 Å². The number of carboxylic acid groups (broad SMARTS) is 1. The molecule has 1 atom stereocenters. The zero-order valence-corrected chi connectivity index (χ0v) is 13.0. The lowest BCUT2D eigenvalue weighted by molar-refractivity contribution is 0.0697. The smallest absolute Gasteiger partial charge is 0.335 e. The molecule has 2 aromatic rings. The lowest BCUT2D eigenvalue weighted by Crippen LogP contribution is -2.31. The van der Waals surface area contributed by atoms with Gasteiger partial charge in [0.05, 0.1) is 12.2 Å². The van der Waals surface area contributed by atoms with E-state index >= 15 is 0 Å². The number of hydrogen-bond donors (Lipinski definition) is 2. The van der Waals surface area contributed by atoms with Gasteiger partial charge in [0.1, 0.15) is 17.6 Å². The Bertz CT molecular complexity index is 692. The van der Waals surface area contributed by atoms with Gasteiger partial charge in [0.25, 0.3) is 5.91 Å². The van der Waals surface area contributed by atoms with Crippen molar-refractivity contribution < 1.29 is 23.8 Å². The van der Waals surface area contributed by atoms with Gasteiger partial charge in [0.2, 0.25) is 0 Å². The molecule has 6 heteroatoms. The second kappa shape index (κ2) is 7.60. The predicted molar refractivity (Wildman–Crippen MR) is 83.6 cm³/mol. The van der Waals surface area contributed by atoms with Crippen molar-refractivity contribution in [1.29, 1.82) is 0 Å². The van der Waals surface area contributed by atoms with Crippen LogP contribution in [0.25, 0.3) is 0 Å². The molecule has 1 unspecified atom stereocenters. The number of nitrogens with one attached hydrogen (secondary N) is 1. The van der Waals surface area contributed by atoms with E-state index in [2.05, 4.69) is 5.32 Å². The van der Waals surface area contributed by atoms with Crippen molar-refractivity contribution >= 4 is 11.9 Å². The van der Waals surface area contributed by atoms with Gasteiger partial charge in [-0.1, -0.05) is 13.0 Å². The van der Waals surface area contributed by atoms with Crippen LogP contribution in [0.3, 0.4) is 0 Å². The first kappa shape index (κ1) is 16.8. The summed E-state index contributed by atoms with van der Waals surface area (Å²) >= 11 is 0. The maximum atomic E-state index is 12.4. The minimum Gasteiger partial charge on any atom is -0.478 e. The van der Waals surface area contributed by atoms with Gasteiger partial charge in [-0.25, -0.2) is 4.79 Å². The summed E-state index contributed by atoms with van der Waals surface area (Å²) in [7, 11) is 1.54. The van der Waals surface area contributed by atoms with Crippen LogP contribution in [0.2, 0.25) is 0 Å². The van der Waals surface area contributed by atoms with Crippen LogP contribution in [0, 0.1) is 0 Å². The van der Waals surface area contributed by atoms with Crippen LogP contribution in [-0.4, -0.2) is 30.7 Å². The number of methoxy groups -OCH3 is 1. The first-order chi connectivity index (χ1) is 11.0. The molecule has 6 nitrogen and oxygen atoms in total. The maximum Gasteiger partial charge on any atom is 0.335 e. The van der Waals surface area contributed by atoms with Crippen molar-refractivity contribution in [3.8, 4) is 0 Å². The highest BCUT2D eigenvalue weighted by molar-refractivity contribution is 5.97. The van der Waals surface area contributed by atoms with E-state index in [1.165, 1.54) is 25.3 Å². The normalized spacial score (nSPS) is 11.9. The topological polar surface area (TPSA) is 88.8 Å². The number of aromatic carboxylic acids is 1. The molecule has 122 valence electrons. The monoisotopic (exact) mass is 317 g/mol. The Hall–Kier alpha value is -2.60. The Morgan fingerprint density at radius 3 is 2.61 bits per heavy atom. The molecule has 0 saturated heterocycles. The summed E-state index contributed by atoms with van der Waals surface area (Å²) in [5.74, 6) is -0.0361. The van der Waals surface area contributed by atoms with Gasteiger partial charge in [-0.3, -0.25) is 4.79 Å². The molecule has 2 rings (SSSR count). The third-order valence-electron chi connectivity index (χ3n) is 3.38. The molecule has 0 aliphatic carbocycles. The minimum absolute atomic E-state index is 0.0622. The fourth-order valence-electron chi connectivity index (χ4n) is 2.17. The molecule has 23 heavy (non-hydrogen) atoms. The molecule has 0 radical (unpaired) electrons. The molecule has 0 fully saturated rings. The van der Waals surface area contributed by atoms with Gasteiger partial charge in [-0.15, -0.1) is 0 Å². The van der Waals surface area contributed by atoms with Crippen molar-refractivity contribution in [1.82, 2.24) is 5.32 Å². The van der Waals surface area contributed by atoms with Gasteiger partial charge >= 0.3 is 5.97 Å². The summed E-state index contributed by atoms with van der Waals surface area (Å²) in [6.07, 6.45) is 0.758. The predicted octanol–water partition coefficient (Wildman–Crippen LogP) is 2.66. The highest BCUT2D eigenvalue weighted by Crippen LogP contribution is 2.18. The van der Waals surface area contributed by atoms with Crippen molar-refractivity contribution in [2.24, 2.45) is 0 Å². The van der Waals surface area contributed by atoms with Gasteiger partial charge in [-0.05, 0) is 30.3 Å². The summed E-state index contributed by atoms with van der Waals surface area (Å²) in [5, 5.41) is 11.8. The van der Waals surface area contributed by atoms with E-state index in [1.54, 1.807) is 12.1 Å². The lowest BCUT2D eigenvalue weighted by Gasteiger charge is -2.16. The number of aryl methyl sites for hydroxylation is 1. The first-order valence-electron chi connectivity index (χ1n) is 7.27. The van der Waals surface area contributed by atoms with Gasteiger partial charge in [0.15, 0.2) is 0 Å². The molecule has 0 saturated carbocycles.